The van der Waals surface area contributed by atoms with Crippen molar-refractivity contribution in [2.24, 2.45) is 0 Å². The van der Waals surface area contributed by atoms with Gasteiger partial charge in [-0.2, -0.15) is 0 Å². The number of aromatic nitrogens is 1. The second kappa shape index (κ2) is 9.14. The van der Waals surface area contributed by atoms with Gasteiger partial charge in [-0.3, -0.25) is 9.80 Å². The van der Waals surface area contributed by atoms with Crippen LogP contribution in [-0.2, 0) is 26.1 Å². The Kier molecular flexibility index (Phi) is 5.92. The summed E-state index contributed by atoms with van der Waals surface area (Å²) < 4.78 is 5.32. The van der Waals surface area contributed by atoms with E-state index in [1.54, 1.807) is 6.20 Å². The van der Waals surface area contributed by atoms with Gasteiger partial charge in [0.1, 0.15) is 17.8 Å². The number of benzene rings is 1. The number of fused-ring (bicyclic) bond motifs is 1. The highest BCUT2D eigenvalue weighted by molar-refractivity contribution is 5.39. The zero-order valence-electron chi connectivity index (χ0n) is 18.1. The Morgan fingerprint density at radius 2 is 1.69 bits per heavy atom. The molecule has 1 aromatic carbocycles. The number of nitrogens with zero attached hydrogens (tertiary/aromatic N) is 4. The molecular weight excluding hydrogens is 404 g/mol. The molecule has 1 fully saturated rings. The van der Waals surface area contributed by atoms with Gasteiger partial charge in [-0.15, -0.1) is 0 Å². The number of rotatable bonds is 5. The largest absolute Gasteiger partial charge is 0.507 e. The van der Waals surface area contributed by atoms with Crippen LogP contribution < -0.4 is 10.5 Å². The van der Waals surface area contributed by atoms with Gasteiger partial charge >= 0.3 is 5.63 Å². The quantitative estimate of drug-likeness (QED) is 0.664. The van der Waals surface area contributed by atoms with E-state index in [0.29, 0.717) is 24.2 Å². The summed E-state index contributed by atoms with van der Waals surface area (Å²) in [5, 5.41) is 10.9. The fraction of sp³-hybridized carbons (Fsp3) is 0.360. The van der Waals surface area contributed by atoms with Crippen molar-refractivity contribution in [1.29, 1.82) is 0 Å². The number of hydrogen-bond donors (Lipinski definition) is 1. The van der Waals surface area contributed by atoms with E-state index in [2.05, 4.69) is 43.9 Å². The lowest BCUT2D eigenvalue weighted by atomic mass is 9.99. The summed E-state index contributed by atoms with van der Waals surface area (Å²) in [7, 11) is 0. The summed E-state index contributed by atoms with van der Waals surface area (Å²) >= 11 is 0. The van der Waals surface area contributed by atoms with Crippen molar-refractivity contribution in [2.45, 2.75) is 26.1 Å². The maximum atomic E-state index is 12.4. The lowest BCUT2D eigenvalue weighted by Gasteiger charge is -2.35. The summed E-state index contributed by atoms with van der Waals surface area (Å²) in [6.07, 6.45) is 4.21. The van der Waals surface area contributed by atoms with Crippen molar-refractivity contribution in [1.82, 2.24) is 14.8 Å². The van der Waals surface area contributed by atoms with Crippen LogP contribution in [0.15, 0.2) is 64.1 Å². The molecule has 7 nitrogen and oxygen atoms in total. The monoisotopic (exact) mass is 432 g/mol. The fourth-order valence-corrected chi connectivity index (χ4v) is 4.62. The minimum Gasteiger partial charge on any atom is -0.507 e. The van der Waals surface area contributed by atoms with E-state index in [4.69, 9.17) is 4.42 Å². The van der Waals surface area contributed by atoms with E-state index in [1.165, 1.54) is 17.4 Å². The van der Waals surface area contributed by atoms with Crippen LogP contribution in [0.25, 0.3) is 0 Å². The van der Waals surface area contributed by atoms with E-state index in [0.717, 1.165) is 51.5 Å². The smallest absolute Gasteiger partial charge is 0.343 e. The number of hydrogen-bond acceptors (Lipinski definition) is 7. The first-order valence-corrected chi connectivity index (χ1v) is 11.2. The number of piperazine rings is 1. The molecule has 0 aliphatic carbocycles. The molecule has 0 spiro atoms. The zero-order valence-corrected chi connectivity index (χ0v) is 18.1. The first kappa shape index (κ1) is 20.7. The molecule has 2 aliphatic rings. The predicted octanol–water partition coefficient (Wildman–Crippen LogP) is 2.62. The van der Waals surface area contributed by atoms with Crippen LogP contribution in [-0.4, -0.2) is 52.6 Å². The van der Waals surface area contributed by atoms with Gasteiger partial charge in [-0.25, -0.2) is 9.78 Å². The molecule has 1 saturated heterocycles. The third-order valence-electron chi connectivity index (χ3n) is 6.48. The van der Waals surface area contributed by atoms with Crippen molar-refractivity contribution in [2.75, 3.05) is 37.6 Å². The van der Waals surface area contributed by atoms with Crippen LogP contribution in [0.2, 0.25) is 0 Å². The Morgan fingerprint density at radius 1 is 0.906 bits per heavy atom. The van der Waals surface area contributed by atoms with Crippen LogP contribution in [0.5, 0.6) is 5.75 Å². The van der Waals surface area contributed by atoms with Crippen molar-refractivity contribution >= 4 is 5.82 Å². The number of pyridine rings is 1. The van der Waals surface area contributed by atoms with E-state index < -0.39 is 5.63 Å². The molecule has 0 unspecified atom stereocenters. The lowest BCUT2D eigenvalue weighted by molar-refractivity contribution is 0.230. The van der Waals surface area contributed by atoms with Crippen LogP contribution in [0, 0.1) is 0 Å². The Hall–Kier alpha value is -3.16. The van der Waals surface area contributed by atoms with Gasteiger partial charge in [0.25, 0.3) is 0 Å². The third kappa shape index (κ3) is 4.40. The lowest BCUT2D eigenvalue weighted by Crippen LogP contribution is -2.46. The topological polar surface area (TPSA) is 73.1 Å². The fourth-order valence-electron chi connectivity index (χ4n) is 4.62. The molecule has 4 heterocycles. The number of anilines is 1. The second-order valence-electron chi connectivity index (χ2n) is 8.56. The Morgan fingerprint density at radius 3 is 2.47 bits per heavy atom. The normalized spacial score (nSPS) is 17.3. The van der Waals surface area contributed by atoms with Crippen molar-refractivity contribution in [3.63, 3.8) is 0 Å². The maximum Gasteiger partial charge on any atom is 0.343 e. The standard InChI is InChI=1S/C25H28N4O3/c30-24-21(16-28-10-8-19-5-1-2-6-20(19)15-28)18-32-25(31)22(24)17-27-11-13-29(14-12-27)23-7-3-4-9-26-23/h1-7,9,18,30H,8,10-17H2. The Labute approximate surface area is 187 Å². The van der Waals surface area contributed by atoms with Crippen LogP contribution >= 0.6 is 0 Å². The molecule has 32 heavy (non-hydrogen) atoms. The first-order chi connectivity index (χ1) is 15.7. The summed E-state index contributed by atoms with van der Waals surface area (Å²) in [4.78, 5) is 23.5. The molecule has 5 rings (SSSR count). The summed E-state index contributed by atoms with van der Waals surface area (Å²) in [6.45, 7) is 5.95. The summed E-state index contributed by atoms with van der Waals surface area (Å²) in [5.41, 5.74) is 3.28. The van der Waals surface area contributed by atoms with Crippen LogP contribution in [0.3, 0.4) is 0 Å². The SMILES string of the molecule is O=c1occ(CN2CCc3ccccc3C2)c(O)c1CN1CCN(c2ccccn2)CC1. The molecule has 2 aliphatic heterocycles. The molecular formula is C25H28N4O3. The molecule has 0 amide bonds. The van der Waals surface area contributed by atoms with Gasteiger partial charge < -0.3 is 14.4 Å². The van der Waals surface area contributed by atoms with Gasteiger partial charge in [0.05, 0.1) is 5.56 Å². The Balaban J connectivity index is 1.25. The molecule has 3 aromatic rings. The van der Waals surface area contributed by atoms with Crippen LogP contribution in [0.1, 0.15) is 22.3 Å². The van der Waals surface area contributed by atoms with Gasteiger partial charge in [0.2, 0.25) is 0 Å². The molecule has 0 saturated carbocycles. The Bertz CT molecular complexity index is 1120. The third-order valence-corrected chi connectivity index (χ3v) is 6.48. The van der Waals surface area contributed by atoms with Crippen molar-refractivity contribution in [3.05, 3.63) is 87.6 Å². The average Bonchev–Trinajstić information content (AvgIpc) is 2.84. The predicted molar refractivity (Wildman–Crippen MR) is 123 cm³/mol. The van der Waals surface area contributed by atoms with Gasteiger partial charge in [-0.05, 0) is 29.7 Å². The van der Waals surface area contributed by atoms with Gasteiger partial charge in [-0.1, -0.05) is 30.3 Å². The molecule has 7 heteroatoms. The van der Waals surface area contributed by atoms with Crippen molar-refractivity contribution < 1.29 is 9.52 Å². The molecule has 0 radical (unpaired) electrons. The van der Waals surface area contributed by atoms with Gasteiger partial charge in [0.15, 0.2) is 0 Å². The molecule has 2 aromatic heterocycles. The highest BCUT2D eigenvalue weighted by Crippen LogP contribution is 2.26. The minimum absolute atomic E-state index is 0.0762. The molecule has 0 bridgehead atoms. The van der Waals surface area contributed by atoms with Crippen molar-refractivity contribution in [3.8, 4) is 5.75 Å². The van der Waals surface area contributed by atoms with Crippen LogP contribution in [0.4, 0.5) is 5.82 Å². The maximum absolute atomic E-state index is 12.4. The van der Waals surface area contributed by atoms with E-state index in [-0.39, 0.29) is 5.75 Å². The highest BCUT2D eigenvalue weighted by atomic mass is 16.4. The number of aromatic hydroxyl groups is 1. The minimum atomic E-state index is -0.456. The van der Waals surface area contributed by atoms with E-state index in [1.807, 2.05) is 18.2 Å². The van der Waals surface area contributed by atoms with E-state index >= 15 is 0 Å². The molecule has 1 N–H and O–H groups in total. The average molecular weight is 433 g/mol. The molecule has 0 atom stereocenters. The second-order valence-corrected chi connectivity index (χ2v) is 8.56. The van der Waals surface area contributed by atoms with E-state index in [9.17, 15) is 9.90 Å². The molecule has 166 valence electrons. The summed E-state index contributed by atoms with van der Waals surface area (Å²) in [5.74, 6) is 1.05. The first-order valence-electron chi connectivity index (χ1n) is 11.2. The zero-order chi connectivity index (χ0) is 21.9. The summed E-state index contributed by atoms with van der Waals surface area (Å²) in [6, 6.07) is 14.4. The highest BCUT2D eigenvalue weighted by Gasteiger charge is 2.23. The van der Waals surface area contributed by atoms with Gasteiger partial charge in [0, 0.05) is 64.1 Å².